The number of carbonyl (C=O) groups is 1. The molecule has 0 fully saturated rings. The van der Waals surface area contributed by atoms with E-state index in [4.69, 9.17) is 5.73 Å². The van der Waals surface area contributed by atoms with Crippen LogP contribution in [0.4, 0.5) is 17.1 Å². The molecule has 0 atom stereocenters. The number of amides is 1. The van der Waals surface area contributed by atoms with Gasteiger partial charge in [-0.2, -0.15) is 0 Å². The SMILES string of the molecule is CN(C)c1ccc(C(=O)Nc2ccc(Br)c(N)c2)cc1. The summed E-state index contributed by atoms with van der Waals surface area (Å²) < 4.78 is 0.811. The summed E-state index contributed by atoms with van der Waals surface area (Å²) in [5.41, 5.74) is 8.71. The molecular formula is C15H16BrN3O. The van der Waals surface area contributed by atoms with Crippen molar-refractivity contribution in [1.29, 1.82) is 0 Å². The number of hydrogen-bond acceptors (Lipinski definition) is 3. The summed E-state index contributed by atoms with van der Waals surface area (Å²) in [7, 11) is 3.92. The second kappa shape index (κ2) is 5.96. The Morgan fingerprint density at radius 2 is 1.80 bits per heavy atom. The number of nitrogens with zero attached hydrogens (tertiary/aromatic N) is 1. The highest BCUT2D eigenvalue weighted by atomic mass is 79.9. The van der Waals surface area contributed by atoms with Crippen LogP contribution in [0, 0.1) is 0 Å². The fraction of sp³-hybridized carbons (Fsp3) is 0.133. The lowest BCUT2D eigenvalue weighted by molar-refractivity contribution is 0.102. The van der Waals surface area contributed by atoms with E-state index in [2.05, 4.69) is 21.2 Å². The van der Waals surface area contributed by atoms with Gasteiger partial charge >= 0.3 is 0 Å². The Kier molecular flexibility index (Phi) is 4.29. The maximum Gasteiger partial charge on any atom is 0.255 e. The first-order valence-electron chi connectivity index (χ1n) is 6.11. The minimum absolute atomic E-state index is 0.156. The highest BCUT2D eigenvalue weighted by molar-refractivity contribution is 9.10. The van der Waals surface area contributed by atoms with E-state index in [1.165, 1.54) is 0 Å². The molecule has 0 heterocycles. The van der Waals surface area contributed by atoms with Crippen molar-refractivity contribution in [2.24, 2.45) is 0 Å². The van der Waals surface area contributed by atoms with Crippen LogP contribution >= 0.6 is 15.9 Å². The first-order valence-corrected chi connectivity index (χ1v) is 6.90. The molecule has 2 aromatic carbocycles. The third-order valence-corrected chi connectivity index (χ3v) is 3.62. The molecule has 2 aromatic rings. The molecule has 0 saturated carbocycles. The van der Waals surface area contributed by atoms with Gasteiger partial charge in [0.05, 0.1) is 0 Å². The van der Waals surface area contributed by atoms with Crippen molar-refractivity contribution in [1.82, 2.24) is 0 Å². The second-order valence-corrected chi connectivity index (χ2v) is 5.49. The van der Waals surface area contributed by atoms with Gasteiger partial charge in [0.2, 0.25) is 0 Å². The van der Waals surface area contributed by atoms with Gasteiger partial charge in [-0.25, -0.2) is 0 Å². The maximum atomic E-state index is 12.1. The lowest BCUT2D eigenvalue weighted by Crippen LogP contribution is -2.13. The first kappa shape index (κ1) is 14.4. The third-order valence-electron chi connectivity index (χ3n) is 2.90. The van der Waals surface area contributed by atoms with Crippen molar-refractivity contribution < 1.29 is 4.79 Å². The van der Waals surface area contributed by atoms with Gasteiger partial charge in [-0.1, -0.05) is 0 Å². The monoisotopic (exact) mass is 333 g/mol. The molecule has 104 valence electrons. The molecule has 4 nitrogen and oxygen atoms in total. The Balaban J connectivity index is 2.13. The topological polar surface area (TPSA) is 58.4 Å². The molecule has 20 heavy (non-hydrogen) atoms. The van der Waals surface area contributed by atoms with Crippen molar-refractivity contribution in [3.05, 3.63) is 52.5 Å². The normalized spacial score (nSPS) is 10.2. The first-order chi connectivity index (χ1) is 9.47. The number of halogens is 1. The molecule has 0 saturated heterocycles. The Hall–Kier alpha value is -2.01. The van der Waals surface area contributed by atoms with Crippen LogP contribution in [0.15, 0.2) is 46.9 Å². The number of rotatable bonds is 3. The van der Waals surface area contributed by atoms with Gasteiger partial charge in [0.25, 0.3) is 5.91 Å². The molecule has 0 unspecified atom stereocenters. The summed E-state index contributed by atoms with van der Waals surface area (Å²) in [6.07, 6.45) is 0. The van der Waals surface area contributed by atoms with E-state index in [1.54, 1.807) is 30.3 Å². The maximum absolute atomic E-state index is 12.1. The van der Waals surface area contributed by atoms with Crippen LogP contribution in [-0.4, -0.2) is 20.0 Å². The lowest BCUT2D eigenvalue weighted by Gasteiger charge is -2.12. The van der Waals surface area contributed by atoms with E-state index in [9.17, 15) is 4.79 Å². The fourth-order valence-electron chi connectivity index (χ4n) is 1.74. The fourth-order valence-corrected chi connectivity index (χ4v) is 1.98. The number of hydrogen-bond donors (Lipinski definition) is 2. The molecular weight excluding hydrogens is 318 g/mol. The summed E-state index contributed by atoms with van der Waals surface area (Å²) in [6, 6.07) is 12.7. The smallest absolute Gasteiger partial charge is 0.255 e. The predicted molar refractivity (Wildman–Crippen MR) is 87.3 cm³/mol. The van der Waals surface area contributed by atoms with Crippen LogP contribution in [0.2, 0.25) is 0 Å². The largest absolute Gasteiger partial charge is 0.398 e. The number of carbonyl (C=O) groups excluding carboxylic acids is 1. The van der Waals surface area contributed by atoms with E-state index in [0.717, 1.165) is 10.2 Å². The van der Waals surface area contributed by atoms with Crippen LogP contribution in [-0.2, 0) is 0 Å². The minimum Gasteiger partial charge on any atom is -0.398 e. The summed E-state index contributed by atoms with van der Waals surface area (Å²) >= 11 is 3.32. The molecule has 0 spiro atoms. The number of nitrogen functional groups attached to an aromatic ring is 1. The van der Waals surface area contributed by atoms with Crippen LogP contribution < -0.4 is 16.0 Å². The van der Waals surface area contributed by atoms with Crippen molar-refractivity contribution in [3.8, 4) is 0 Å². The second-order valence-electron chi connectivity index (χ2n) is 4.63. The Morgan fingerprint density at radius 1 is 1.15 bits per heavy atom. The number of nitrogens with one attached hydrogen (secondary N) is 1. The average molecular weight is 334 g/mol. The molecule has 3 N–H and O–H groups in total. The van der Waals surface area contributed by atoms with Crippen molar-refractivity contribution in [2.75, 3.05) is 30.0 Å². The molecule has 5 heteroatoms. The van der Waals surface area contributed by atoms with Crippen molar-refractivity contribution >= 4 is 38.9 Å². The highest BCUT2D eigenvalue weighted by Crippen LogP contribution is 2.23. The molecule has 0 aliphatic rings. The van der Waals surface area contributed by atoms with Crippen LogP contribution in [0.3, 0.4) is 0 Å². The van der Waals surface area contributed by atoms with Crippen LogP contribution in [0.25, 0.3) is 0 Å². The van der Waals surface area contributed by atoms with Gasteiger partial charge in [-0.3, -0.25) is 4.79 Å². The van der Waals surface area contributed by atoms with E-state index in [1.807, 2.05) is 31.1 Å². The van der Waals surface area contributed by atoms with Crippen LogP contribution in [0.1, 0.15) is 10.4 Å². The number of anilines is 3. The molecule has 2 rings (SSSR count). The summed E-state index contributed by atoms with van der Waals surface area (Å²) in [5, 5.41) is 2.82. The molecule has 0 bridgehead atoms. The highest BCUT2D eigenvalue weighted by Gasteiger charge is 2.07. The van der Waals surface area contributed by atoms with E-state index >= 15 is 0 Å². The van der Waals surface area contributed by atoms with Gasteiger partial charge in [-0.15, -0.1) is 0 Å². The Labute approximate surface area is 126 Å². The summed E-state index contributed by atoms with van der Waals surface area (Å²) in [5.74, 6) is -0.156. The molecule has 0 radical (unpaired) electrons. The predicted octanol–water partition coefficient (Wildman–Crippen LogP) is 3.35. The van der Waals surface area contributed by atoms with E-state index in [0.29, 0.717) is 16.9 Å². The average Bonchev–Trinajstić information content (AvgIpc) is 2.43. The van der Waals surface area contributed by atoms with Crippen molar-refractivity contribution in [2.45, 2.75) is 0 Å². The summed E-state index contributed by atoms with van der Waals surface area (Å²) in [4.78, 5) is 14.1. The minimum atomic E-state index is -0.156. The van der Waals surface area contributed by atoms with Gasteiger partial charge in [0.15, 0.2) is 0 Å². The van der Waals surface area contributed by atoms with Gasteiger partial charge in [0, 0.05) is 41.2 Å². The third kappa shape index (κ3) is 3.30. The molecule has 0 aliphatic heterocycles. The lowest BCUT2D eigenvalue weighted by atomic mass is 10.2. The zero-order valence-electron chi connectivity index (χ0n) is 11.4. The number of benzene rings is 2. The molecule has 0 aromatic heterocycles. The quantitative estimate of drug-likeness (QED) is 0.847. The van der Waals surface area contributed by atoms with Gasteiger partial charge in [-0.05, 0) is 58.4 Å². The number of nitrogens with two attached hydrogens (primary N) is 1. The molecule has 1 amide bonds. The van der Waals surface area contributed by atoms with Gasteiger partial charge in [0.1, 0.15) is 0 Å². The standard InChI is InChI=1S/C15H16BrN3O/c1-19(2)12-6-3-10(4-7-12)15(20)18-11-5-8-13(16)14(17)9-11/h3-9H,17H2,1-2H3,(H,18,20). The summed E-state index contributed by atoms with van der Waals surface area (Å²) in [6.45, 7) is 0. The Bertz CT molecular complexity index is 624. The zero-order chi connectivity index (χ0) is 14.7. The Morgan fingerprint density at radius 3 is 2.35 bits per heavy atom. The van der Waals surface area contributed by atoms with E-state index < -0.39 is 0 Å². The molecule has 0 aliphatic carbocycles. The van der Waals surface area contributed by atoms with Crippen molar-refractivity contribution in [3.63, 3.8) is 0 Å². The van der Waals surface area contributed by atoms with Gasteiger partial charge < -0.3 is 16.0 Å². The zero-order valence-corrected chi connectivity index (χ0v) is 12.9. The van der Waals surface area contributed by atoms with Crippen LogP contribution in [0.5, 0.6) is 0 Å². The van der Waals surface area contributed by atoms with E-state index in [-0.39, 0.29) is 5.91 Å².